The fourth-order valence-corrected chi connectivity index (χ4v) is 2.42. The number of hydrogen-bond donors (Lipinski definition) is 1. The van der Waals surface area contributed by atoms with Crippen LogP contribution in [0.3, 0.4) is 0 Å². The quantitative estimate of drug-likeness (QED) is 0.784. The number of aromatic nitrogens is 2. The first kappa shape index (κ1) is 12.9. The molecule has 1 unspecified atom stereocenters. The van der Waals surface area contributed by atoms with E-state index in [0.29, 0.717) is 0 Å². The lowest BCUT2D eigenvalue weighted by Crippen LogP contribution is -1.98. The standard InChI is InChI=1S/C17H18N2O/c1-2-17(20)15-7-9-19(12-15)11-13-5-6-16-14(10-13)4-3-8-18-16/h3-10,12,17,20H,2,11H2,1H3. The molecule has 3 rings (SSSR count). The molecule has 1 N–H and O–H groups in total. The highest BCUT2D eigenvalue weighted by atomic mass is 16.3. The topological polar surface area (TPSA) is 38.0 Å². The number of aliphatic hydroxyl groups is 1. The molecule has 0 aliphatic carbocycles. The summed E-state index contributed by atoms with van der Waals surface area (Å²) >= 11 is 0. The largest absolute Gasteiger partial charge is 0.388 e. The summed E-state index contributed by atoms with van der Waals surface area (Å²) in [6.07, 6.45) is 6.22. The van der Waals surface area contributed by atoms with E-state index in [9.17, 15) is 5.11 Å². The molecule has 102 valence electrons. The summed E-state index contributed by atoms with van der Waals surface area (Å²) in [5, 5.41) is 11.0. The maximum Gasteiger partial charge on any atom is 0.0802 e. The Labute approximate surface area is 118 Å². The highest BCUT2D eigenvalue weighted by Gasteiger charge is 2.06. The molecule has 2 heterocycles. The van der Waals surface area contributed by atoms with Crippen LogP contribution in [0, 0.1) is 0 Å². The van der Waals surface area contributed by atoms with Crippen molar-refractivity contribution >= 4 is 10.9 Å². The van der Waals surface area contributed by atoms with Crippen molar-refractivity contribution in [3.63, 3.8) is 0 Å². The minimum Gasteiger partial charge on any atom is -0.388 e. The van der Waals surface area contributed by atoms with Crippen LogP contribution in [0.2, 0.25) is 0 Å². The SMILES string of the molecule is CCC(O)c1ccn(Cc2ccc3ncccc3c2)c1. The summed E-state index contributed by atoms with van der Waals surface area (Å²) in [6.45, 7) is 2.79. The molecule has 0 aliphatic heterocycles. The molecule has 0 spiro atoms. The Hall–Kier alpha value is -2.13. The molecule has 2 aromatic heterocycles. The Morgan fingerprint density at radius 2 is 2.15 bits per heavy atom. The Morgan fingerprint density at radius 3 is 3.00 bits per heavy atom. The van der Waals surface area contributed by atoms with Crippen molar-refractivity contribution in [3.8, 4) is 0 Å². The molecule has 1 aromatic carbocycles. The van der Waals surface area contributed by atoms with E-state index in [1.165, 1.54) is 5.56 Å². The summed E-state index contributed by atoms with van der Waals surface area (Å²) in [6, 6.07) is 12.3. The smallest absolute Gasteiger partial charge is 0.0802 e. The number of aliphatic hydroxyl groups excluding tert-OH is 1. The van der Waals surface area contributed by atoms with E-state index in [0.717, 1.165) is 29.4 Å². The van der Waals surface area contributed by atoms with Gasteiger partial charge in [0.2, 0.25) is 0 Å². The van der Waals surface area contributed by atoms with Crippen molar-refractivity contribution in [3.05, 3.63) is 66.1 Å². The molecule has 3 heteroatoms. The zero-order valence-corrected chi connectivity index (χ0v) is 11.5. The molecule has 0 aliphatic rings. The van der Waals surface area contributed by atoms with E-state index in [2.05, 4.69) is 33.8 Å². The number of fused-ring (bicyclic) bond motifs is 1. The normalized spacial score (nSPS) is 12.7. The third-order valence-electron chi connectivity index (χ3n) is 3.58. The predicted molar refractivity (Wildman–Crippen MR) is 80.5 cm³/mol. The monoisotopic (exact) mass is 266 g/mol. The molecular formula is C17H18N2O. The summed E-state index contributed by atoms with van der Waals surface area (Å²) in [5.41, 5.74) is 3.24. The van der Waals surface area contributed by atoms with Gasteiger partial charge in [-0.15, -0.1) is 0 Å². The molecule has 1 atom stereocenters. The molecule has 20 heavy (non-hydrogen) atoms. The van der Waals surface area contributed by atoms with Gasteiger partial charge in [-0.05, 0) is 41.8 Å². The highest BCUT2D eigenvalue weighted by Crippen LogP contribution is 2.18. The average Bonchev–Trinajstić information content (AvgIpc) is 2.95. The lowest BCUT2D eigenvalue weighted by molar-refractivity contribution is 0.173. The number of pyridine rings is 1. The fourth-order valence-electron chi connectivity index (χ4n) is 2.42. The first-order chi connectivity index (χ1) is 9.76. The van der Waals surface area contributed by atoms with Crippen LogP contribution in [0.5, 0.6) is 0 Å². The van der Waals surface area contributed by atoms with Crippen LogP contribution < -0.4 is 0 Å². The van der Waals surface area contributed by atoms with Gasteiger partial charge in [0.05, 0.1) is 11.6 Å². The van der Waals surface area contributed by atoms with E-state index in [1.807, 2.05) is 37.6 Å². The van der Waals surface area contributed by atoms with Crippen LogP contribution in [0.15, 0.2) is 55.0 Å². The zero-order valence-electron chi connectivity index (χ0n) is 11.5. The second-order valence-corrected chi connectivity index (χ2v) is 5.07. The highest BCUT2D eigenvalue weighted by molar-refractivity contribution is 5.78. The fraction of sp³-hybridized carbons (Fsp3) is 0.235. The third-order valence-corrected chi connectivity index (χ3v) is 3.58. The number of benzene rings is 1. The average molecular weight is 266 g/mol. The third kappa shape index (κ3) is 2.58. The van der Waals surface area contributed by atoms with Gasteiger partial charge in [-0.3, -0.25) is 4.98 Å². The van der Waals surface area contributed by atoms with Gasteiger partial charge in [0, 0.05) is 30.5 Å². The molecular weight excluding hydrogens is 248 g/mol. The Bertz CT molecular complexity index is 718. The van der Waals surface area contributed by atoms with Crippen LogP contribution in [0.1, 0.15) is 30.6 Å². The minimum atomic E-state index is -0.364. The lowest BCUT2D eigenvalue weighted by atomic mass is 10.1. The van der Waals surface area contributed by atoms with Crippen LogP contribution in [-0.4, -0.2) is 14.7 Å². The molecule has 0 radical (unpaired) electrons. The molecule has 0 bridgehead atoms. The second-order valence-electron chi connectivity index (χ2n) is 5.07. The van der Waals surface area contributed by atoms with Gasteiger partial charge in [0.1, 0.15) is 0 Å². The van der Waals surface area contributed by atoms with E-state index >= 15 is 0 Å². The van der Waals surface area contributed by atoms with Crippen LogP contribution in [0.25, 0.3) is 10.9 Å². The van der Waals surface area contributed by atoms with Gasteiger partial charge in [0.25, 0.3) is 0 Å². The molecule has 0 saturated carbocycles. The number of hydrogen-bond acceptors (Lipinski definition) is 2. The van der Waals surface area contributed by atoms with Crippen molar-refractivity contribution in [2.45, 2.75) is 26.0 Å². The second kappa shape index (κ2) is 5.47. The Morgan fingerprint density at radius 1 is 1.25 bits per heavy atom. The van der Waals surface area contributed by atoms with Crippen molar-refractivity contribution in [1.29, 1.82) is 0 Å². The Kier molecular flexibility index (Phi) is 3.52. The molecule has 0 amide bonds. The van der Waals surface area contributed by atoms with Crippen LogP contribution >= 0.6 is 0 Å². The van der Waals surface area contributed by atoms with E-state index in [1.54, 1.807) is 0 Å². The molecule has 0 fully saturated rings. The first-order valence-corrected chi connectivity index (χ1v) is 6.93. The maximum absolute atomic E-state index is 9.83. The van der Waals surface area contributed by atoms with E-state index in [-0.39, 0.29) is 6.10 Å². The zero-order chi connectivity index (χ0) is 13.9. The summed E-state index contributed by atoms with van der Waals surface area (Å²) in [7, 11) is 0. The van der Waals surface area contributed by atoms with Gasteiger partial charge in [-0.2, -0.15) is 0 Å². The minimum absolute atomic E-state index is 0.364. The van der Waals surface area contributed by atoms with Gasteiger partial charge >= 0.3 is 0 Å². The van der Waals surface area contributed by atoms with Crippen molar-refractivity contribution in [2.75, 3.05) is 0 Å². The van der Waals surface area contributed by atoms with Crippen molar-refractivity contribution < 1.29 is 5.11 Å². The van der Waals surface area contributed by atoms with Gasteiger partial charge < -0.3 is 9.67 Å². The van der Waals surface area contributed by atoms with Crippen molar-refractivity contribution in [1.82, 2.24) is 9.55 Å². The Balaban J connectivity index is 1.83. The molecule has 0 saturated heterocycles. The van der Waals surface area contributed by atoms with Crippen molar-refractivity contribution in [2.24, 2.45) is 0 Å². The summed E-state index contributed by atoms with van der Waals surface area (Å²) in [5.74, 6) is 0. The van der Waals surface area contributed by atoms with Crippen LogP contribution in [-0.2, 0) is 6.54 Å². The molecule has 3 aromatic rings. The first-order valence-electron chi connectivity index (χ1n) is 6.93. The predicted octanol–water partition coefficient (Wildman–Crippen LogP) is 3.53. The van der Waals surface area contributed by atoms with E-state index in [4.69, 9.17) is 0 Å². The number of nitrogens with zero attached hydrogens (tertiary/aromatic N) is 2. The summed E-state index contributed by atoms with van der Waals surface area (Å²) in [4.78, 5) is 4.33. The van der Waals surface area contributed by atoms with Gasteiger partial charge in [-0.1, -0.05) is 19.1 Å². The molecule has 3 nitrogen and oxygen atoms in total. The lowest BCUT2D eigenvalue weighted by Gasteiger charge is -2.06. The van der Waals surface area contributed by atoms with E-state index < -0.39 is 0 Å². The number of rotatable bonds is 4. The van der Waals surface area contributed by atoms with Crippen LogP contribution in [0.4, 0.5) is 0 Å². The summed E-state index contributed by atoms with van der Waals surface area (Å²) < 4.78 is 2.10. The van der Waals surface area contributed by atoms with Gasteiger partial charge in [0.15, 0.2) is 0 Å². The van der Waals surface area contributed by atoms with Gasteiger partial charge in [-0.25, -0.2) is 0 Å². The maximum atomic E-state index is 9.83.